The number of fused-ring (bicyclic) bond motifs is 1. The third kappa shape index (κ3) is 1.66. The summed E-state index contributed by atoms with van der Waals surface area (Å²) in [5, 5.41) is 13.0. The fraction of sp³-hybridized carbons (Fsp3) is 0.444. The number of aryl methyl sites for hydroxylation is 2. The first-order valence-electron chi connectivity index (χ1n) is 4.40. The van der Waals surface area contributed by atoms with Gasteiger partial charge >= 0.3 is 0 Å². The van der Waals surface area contributed by atoms with Gasteiger partial charge in [0.2, 0.25) is 0 Å². The molecule has 0 aliphatic heterocycles. The second kappa shape index (κ2) is 3.98. The van der Waals surface area contributed by atoms with Gasteiger partial charge in [0, 0.05) is 12.4 Å². The van der Waals surface area contributed by atoms with Crippen molar-refractivity contribution in [2.24, 2.45) is 7.05 Å². The molecule has 13 heavy (non-hydrogen) atoms. The molecule has 4 heteroatoms. The molecule has 0 fully saturated rings. The van der Waals surface area contributed by atoms with Crippen LogP contribution in [0.4, 0.5) is 0 Å². The standard InChI is InChI=1S/C7H8N4.C2H6/c1-5-6-3-4-8-9-7(6)11(2)10-5;1-2/h3-4H,1-2H3;1-2H3. The Kier molecular flexibility index (Phi) is 2.95. The van der Waals surface area contributed by atoms with Crippen LogP contribution in [0.25, 0.3) is 11.0 Å². The monoisotopic (exact) mass is 178 g/mol. The Labute approximate surface area is 77.6 Å². The van der Waals surface area contributed by atoms with E-state index in [1.807, 2.05) is 33.9 Å². The molecule has 2 aromatic heterocycles. The van der Waals surface area contributed by atoms with Crippen LogP contribution in [0.1, 0.15) is 19.5 Å². The lowest BCUT2D eigenvalue weighted by Gasteiger charge is -1.87. The molecule has 0 atom stereocenters. The first-order chi connectivity index (χ1) is 6.29. The first kappa shape index (κ1) is 9.64. The van der Waals surface area contributed by atoms with Gasteiger partial charge in [-0.15, -0.1) is 5.10 Å². The smallest absolute Gasteiger partial charge is 0.180 e. The van der Waals surface area contributed by atoms with Gasteiger partial charge in [0.15, 0.2) is 5.65 Å². The molecule has 0 saturated carbocycles. The van der Waals surface area contributed by atoms with Crippen molar-refractivity contribution in [2.45, 2.75) is 20.8 Å². The average Bonchev–Trinajstić information content (AvgIpc) is 2.47. The zero-order chi connectivity index (χ0) is 9.84. The summed E-state index contributed by atoms with van der Waals surface area (Å²) in [5.74, 6) is 0. The molecule has 4 nitrogen and oxygen atoms in total. The Hall–Kier alpha value is -1.45. The highest BCUT2D eigenvalue weighted by Crippen LogP contribution is 2.11. The zero-order valence-corrected chi connectivity index (χ0v) is 8.44. The van der Waals surface area contributed by atoms with E-state index in [0.717, 1.165) is 16.7 Å². The van der Waals surface area contributed by atoms with E-state index in [-0.39, 0.29) is 0 Å². The number of hydrogen-bond donors (Lipinski definition) is 0. The van der Waals surface area contributed by atoms with Crippen LogP contribution in [-0.2, 0) is 7.05 Å². The number of nitrogens with zero attached hydrogens (tertiary/aromatic N) is 4. The highest BCUT2D eigenvalue weighted by atomic mass is 15.3. The van der Waals surface area contributed by atoms with Crippen LogP contribution >= 0.6 is 0 Å². The van der Waals surface area contributed by atoms with Crippen molar-refractivity contribution in [1.29, 1.82) is 0 Å². The van der Waals surface area contributed by atoms with Crippen molar-refractivity contribution in [3.05, 3.63) is 18.0 Å². The predicted molar refractivity (Wildman–Crippen MR) is 52.4 cm³/mol. The van der Waals surface area contributed by atoms with Crippen LogP contribution in [0.15, 0.2) is 12.3 Å². The normalized spacial score (nSPS) is 9.54. The molecule has 0 amide bonds. The van der Waals surface area contributed by atoms with Crippen molar-refractivity contribution < 1.29 is 0 Å². The van der Waals surface area contributed by atoms with E-state index in [9.17, 15) is 0 Å². The van der Waals surface area contributed by atoms with Gasteiger partial charge in [-0.05, 0) is 13.0 Å². The van der Waals surface area contributed by atoms with Gasteiger partial charge in [0.1, 0.15) is 0 Å². The molecule has 0 N–H and O–H groups in total. The predicted octanol–water partition coefficient (Wildman–Crippen LogP) is 1.70. The Morgan fingerprint density at radius 1 is 1.31 bits per heavy atom. The van der Waals surface area contributed by atoms with E-state index < -0.39 is 0 Å². The maximum Gasteiger partial charge on any atom is 0.180 e. The molecule has 2 heterocycles. The molecule has 0 aliphatic rings. The Balaban J connectivity index is 0.000000396. The maximum atomic E-state index is 4.20. The summed E-state index contributed by atoms with van der Waals surface area (Å²) >= 11 is 0. The van der Waals surface area contributed by atoms with Gasteiger partial charge in [-0.25, -0.2) is 4.68 Å². The molecule has 0 radical (unpaired) electrons. The van der Waals surface area contributed by atoms with Crippen LogP contribution < -0.4 is 0 Å². The van der Waals surface area contributed by atoms with Gasteiger partial charge in [-0.1, -0.05) is 13.8 Å². The van der Waals surface area contributed by atoms with Crippen LogP contribution in [0, 0.1) is 6.92 Å². The van der Waals surface area contributed by atoms with Crippen molar-refractivity contribution in [1.82, 2.24) is 20.0 Å². The summed E-state index contributed by atoms with van der Waals surface area (Å²) in [6.07, 6.45) is 1.68. The van der Waals surface area contributed by atoms with Crippen molar-refractivity contribution >= 4 is 11.0 Å². The molecule has 0 bridgehead atoms. The number of hydrogen-bond acceptors (Lipinski definition) is 3. The van der Waals surface area contributed by atoms with E-state index in [4.69, 9.17) is 0 Å². The minimum Gasteiger partial charge on any atom is -0.249 e. The minimum absolute atomic E-state index is 0.838. The molecule has 2 rings (SSSR count). The topological polar surface area (TPSA) is 43.6 Å². The third-order valence-electron chi connectivity index (χ3n) is 1.70. The lowest BCUT2D eigenvalue weighted by Crippen LogP contribution is -1.92. The maximum absolute atomic E-state index is 4.20. The number of aromatic nitrogens is 4. The van der Waals surface area contributed by atoms with Gasteiger partial charge in [-0.3, -0.25) is 0 Å². The number of rotatable bonds is 0. The molecular weight excluding hydrogens is 164 g/mol. The van der Waals surface area contributed by atoms with E-state index in [0.29, 0.717) is 0 Å². The Morgan fingerprint density at radius 3 is 2.62 bits per heavy atom. The molecular formula is C9H14N4. The Bertz CT molecular complexity index is 355. The highest BCUT2D eigenvalue weighted by molar-refractivity contribution is 5.76. The lowest BCUT2D eigenvalue weighted by atomic mass is 10.3. The quantitative estimate of drug-likeness (QED) is 0.616. The van der Waals surface area contributed by atoms with Crippen LogP contribution in [0.3, 0.4) is 0 Å². The van der Waals surface area contributed by atoms with Crippen LogP contribution in [0.5, 0.6) is 0 Å². The molecule has 0 spiro atoms. The van der Waals surface area contributed by atoms with Crippen molar-refractivity contribution in [3.8, 4) is 0 Å². The summed E-state index contributed by atoms with van der Waals surface area (Å²) in [7, 11) is 1.87. The fourth-order valence-corrected chi connectivity index (χ4v) is 1.17. The molecule has 0 aliphatic carbocycles. The van der Waals surface area contributed by atoms with Crippen LogP contribution in [-0.4, -0.2) is 20.0 Å². The van der Waals surface area contributed by atoms with E-state index in [1.54, 1.807) is 10.9 Å². The third-order valence-corrected chi connectivity index (χ3v) is 1.70. The molecule has 0 aromatic carbocycles. The lowest BCUT2D eigenvalue weighted by molar-refractivity contribution is 0.766. The first-order valence-corrected chi connectivity index (χ1v) is 4.40. The molecule has 2 aromatic rings. The van der Waals surface area contributed by atoms with Crippen molar-refractivity contribution in [3.63, 3.8) is 0 Å². The molecule has 70 valence electrons. The summed E-state index contributed by atoms with van der Waals surface area (Å²) in [4.78, 5) is 0. The van der Waals surface area contributed by atoms with Crippen LogP contribution in [0.2, 0.25) is 0 Å². The van der Waals surface area contributed by atoms with Gasteiger partial charge in [-0.2, -0.15) is 10.2 Å². The zero-order valence-electron chi connectivity index (χ0n) is 8.44. The van der Waals surface area contributed by atoms with Crippen molar-refractivity contribution in [2.75, 3.05) is 0 Å². The Morgan fingerprint density at radius 2 is 2.00 bits per heavy atom. The summed E-state index contributed by atoms with van der Waals surface area (Å²) in [5.41, 5.74) is 1.84. The van der Waals surface area contributed by atoms with E-state index in [1.165, 1.54) is 0 Å². The van der Waals surface area contributed by atoms with Gasteiger partial charge in [0.25, 0.3) is 0 Å². The van der Waals surface area contributed by atoms with Gasteiger partial charge in [0.05, 0.1) is 11.9 Å². The summed E-state index contributed by atoms with van der Waals surface area (Å²) < 4.78 is 1.73. The molecule has 0 unspecified atom stereocenters. The van der Waals surface area contributed by atoms with E-state index >= 15 is 0 Å². The molecule has 0 saturated heterocycles. The van der Waals surface area contributed by atoms with E-state index in [2.05, 4.69) is 15.3 Å². The SMILES string of the molecule is CC.Cc1nn(C)c2nnccc12. The fourth-order valence-electron chi connectivity index (χ4n) is 1.17. The largest absolute Gasteiger partial charge is 0.249 e. The minimum atomic E-state index is 0.838. The van der Waals surface area contributed by atoms with Gasteiger partial charge < -0.3 is 0 Å². The second-order valence-electron chi connectivity index (χ2n) is 2.48. The average molecular weight is 178 g/mol. The second-order valence-corrected chi connectivity index (χ2v) is 2.48. The summed E-state index contributed by atoms with van der Waals surface area (Å²) in [6.45, 7) is 5.96. The highest BCUT2D eigenvalue weighted by Gasteiger charge is 2.03. The summed E-state index contributed by atoms with van der Waals surface area (Å²) in [6, 6.07) is 1.92.